The number of nitriles is 1. The Bertz CT molecular complexity index is 1050. The minimum absolute atomic E-state index is 0.109. The molecule has 1 aromatic rings. The fourth-order valence-corrected chi connectivity index (χ4v) is 5.46. The molecule has 3 rings (SSSR count). The second kappa shape index (κ2) is 10.2. The van der Waals surface area contributed by atoms with Crippen LogP contribution in [0.15, 0.2) is 9.70 Å². The molecule has 1 amide bonds. The van der Waals surface area contributed by atoms with Crippen LogP contribution in [0.4, 0.5) is 5.82 Å². The number of carbonyl (C=O) groups excluding carboxylic acids is 1. The first kappa shape index (κ1) is 24.5. The molecule has 7 nitrogen and oxygen atoms in total. The molecule has 0 unspecified atom stereocenters. The summed E-state index contributed by atoms with van der Waals surface area (Å²) in [5.74, 6) is 0.984. The zero-order valence-electron chi connectivity index (χ0n) is 19.5. The van der Waals surface area contributed by atoms with E-state index in [1.807, 2.05) is 13.0 Å². The second-order valence-electron chi connectivity index (χ2n) is 8.51. The van der Waals surface area contributed by atoms with E-state index in [1.54, 1.807) is 16.4 Å². The molecule has 2 saturated heterocycles. The van der Waals surface area contributed by atoms with Crippen LogP contribution < -0.4 is 10.5 Å². The number of hydrogen-bond donors (Lipinski definition) is 0. The van der Waals surface area contributed by atoms with Crippen molar-refractivity contribution < 1.29 is 4.79 Å². The minimum atomic E-state index is -0.273. The summed E-state index contributed by atoms with van der Waals surface area (Å²) in [4.78, 5) is 33.0. The number of amides is 1. The summed E-state index contributed by atoms with van der Waals surface area (Å²) in [6.45, 7) is 15.4. The first-order valence-corrected chi connectivity index (χ1v) is 12.4. The maximum Gasteiger partial charge on any atom is 0.270 e. The second-order valence-corrected chi connectivity index (χ2v) is 10.2. The van der Waals surface area contributed by atoms with Gasteiger partial charge < -0.3 is 9.80 Å². The molecule has 0 N–H and O–H groups in total. The van der Waals surface area contributed by atoms with Gasteiger partial charge in [0.25, 0.3) is 11.5 Å². The molecule has 2 fully saturated rings. The van der Waals surface area contributed by atoms with Gasteiger partial charge in [0, 0.05) is 44.8 Å². The fourth-order valence-electron chi connectivity index (χ4n) is 4.21. The van der Waals surface area contributed by atoms with Gasteiger partial charge in [-0.25, -0.2) is 0 Å². The van der Waals surface area contributed by atoms with Crippen molar-refractivity contribution >= 4 is 46.1 Å². The number of nitrogens with zero attached hydrogens (tertiary/aromatic N) is 5. The molecule has 2 aliphatic heterocycles. The summed E-state index contributed by atoms with van der Waals surface area (Å²) in [6.07, 6.45) is 1.84. The highest BCUT2D eigenvalue weighted by atomic mass is 32.2. The van der Waals surface area contributed by atoms with Crippen LogP contribution in [0.3, 0.4) is 0 Å². The molecule has 172 valence electrons. The van der Waals surface area contributed by atoms with E-state index in [-0.39, 0.29) is 17.0 Å². The molecule has 0 saturated carbocycles. The van der Waals surface area contributed by atoms with E-state index in [0.29, 0.717) is 33.8 Å². The zero-order chi connectivity index (χ0) is 23.6. The number of likely N-dealkylation sites (N-methyl/N-ethyl adjacent to an activating group) is 1. The number of carbonyl (C=O) groups is 1. The third-order valence-electron chi connectivity index (χ3n) is 5.98. The molecule has 0 aliphatic carbocycles. The maximum absolute atomic E-state index is 13.1. The Morgan fingerprint density at radius 1 is 1.16 bits per heavy atom. The Morgan fingerprint density at radius 2 is 1.81 bits per heavy atom. The number of piperazine rings is 1. The number of thiocarbonyl (C=S) groups is 1. The van der Waals surface area contributed by atoms with Gasteiger partial charge >= 0.3 is 0 Å². The molecule has 32 heavy (non-hydrogen) atoms. The summed E-state index contributed by atoms with van der Waals surface area (Å²) < 4.78 is 2.23. The van der Waals surface area contributed by atoms with Crippen molar-refractivity contribution in [3.8, 4) is 6.07 Å². The predicted octanol–water partition coefficient (Wildman–Crippen LogP) is 3.05. The van der Waals surface area contributed by atoms with Gasteiger partial charge in [0.1, 0.15) is 21.8 Å². The van der Waals surface area contributed by atoms with Gasteiger partial charge in [-0.3, -0.25) is 19.1 Å². The van der Waals surface area contributed by atoms with E-state index in [2.05, 4.69) is 36.6 Å². The van der Waals surface area contributed by atoms with E-state index < -0.39 is 0 Å². The first-order valence-electron chi connectivity index (χ1n) is 11.1. The molecule has 0 radical (unpaired) electrons. The van der Waals surface area contributed by atoms with Gasteiger partial charge in [-0.2, -0.15) is 5.26 Å². The van der Waals surface area contributed by atoms with Crippen LogP contribution in [0, 0.1) is 24.2 Å². The van der Waals surface area contributed by atoms with Gasteiger partial charge in [0.2, 0.25) is 0 Å². The Labute approximate surface area is 199 Å². The monoisotopic (exact) mass is 473 g/mol. The van der Waals surface area contributed by atoms with Crippen LogP contribution in [0.5, 0.6) is 0 Å². The smallest absolute Gasteiger partial charge is 0.270 e. The van der Waals surface area contributed by atoms with Gasteiger partial charge in [0.15, 0.2) is 0 Å². The van der Waals surface area contributed by atoms with Crippen molar-refractivity contribution in [1.29, 1.82) is 5.26 Å². The molecular weight excluding hydrogens is 442 g/mol. The Kier molecular flexibility index (Phi) is 7.80. The molecule has 0 spiro atoms. The topological polar surface area (TPSA) is 72.6 Å². The Morgan fingerprint density at radius 3 is 2.34 bits per heavy atom. The van der Waals surface area contributed by atoms with Crippen LogP contribution in [0.2, 0.25) is 0 Å². The average Bonchev–Trinajstić information content (AvgIpc) is 3.02. The Hall–Kier alpha value is -2.15. The lowest BCUT2D eigenvalue weighted by Crippen LogP contribution is -2.48. The van der Waals surface area contributed by atoms with Crippen LogP contribution in [-0.4, -0.2) is 63.9 Å². The Balaban J connectivity index is 2.15. The minimum Gasteiger partial charge on any atom is -0.355 e. The fraction of sp³-hybridized carbons (Fsp3) is 0.565. The number of hydrogen-bond acceptors (Lipinski definition) is 7. The van der Waals surface area contributed by atoms with Gasteiger partial charge in [-0.15, -0.1) is 0 Å². The SMILES string of the molecule is CCN1CCN(c2c(/C=C3\SC(=S)N(CC(C)C)C3=O)c(C)c(C#N)c(=O)n2CC)CC1. The van der Waals surface area contributed by atoms with Crippen molar-refractivity contribution in [2.45, 2.75) is 41.2 Å². The predicted molar refractivity (Wildman–Crippen MR) is 135 cm³/mol. The van der Waals surface area contributed by atoms with Crippen molar-refractivity contribution in [3.63, 3.8) is 0 Å². The molecule has 3 heterocycles. The van der Waals surface area contributed by atoms with E-state index >= 15 is 0 Å². The van der Waals surface area contributed by atoms with Gasteiger partial charge in [-0.05, 0) is 37.9 Å². The van der Waals surface area contributed by atoms with Crippen LogP contribution >= 0.6 is 24.0 Å². The molecular formula is C23H31N5O2S2. The average molecular weight is 474 g/mol. The van der Waals surface area contributed by atoms with E-state index in [9.17, 15) is 14.9 Å². The van der Waals surface area contributed by atoms with Gasteiger partial charge in [0.05, 0.1) is 4.91 Å². The summed E-state index contributed by atoms with van der Waals surface area (Å²) in [7, 11) is 0. The lowest BCUT2D eigenvalue weighted by atomic mass is 10.0. The summed E-state index contributed by atoms with van der Waals surface area (Å²) in [5.41, 5.74) is 1.24. The van der Waals surface area contributed by atoms with Gasteiger partial charge in [-0.1, -0.05) is 44.8 Å². The zero-order valence-corrected chi connectivity index (χ0v) is 21.1. The number of rotatable bonds is 6. The van der Waals surface area contributed by atoms with E-state index in [1.165, 1.54) is 11.8 Å². The van der Waals surface area contributed by atoms with Crippen LogP contribution in [-0.2, 0) is 11.3 Å². The highest BCUT2D eigenvalue weighted by molar-refractivity contribution is 8.26. The largest absolute Gasteiger partial charge is 0.355 e. The lowest BCUT2D eigenvalue weighted by Gasteiger charge is -2.37. The summed E-state index contributed by atoms with van der Waals surface area (Å²) >= 11 is 6.76. The summed E-state index contributed by atoms with van der Waals surface area (Å²) in [5, 5.41) is 9.70. The first-order chi connectivity index (χ1) is 15.2. The molecule has 2 aliphatic rings. The lowest BCUT2D eigenvalue weighted by molar-refractivity contribution is -0.122. The van der Waals surface area contributed by atoms with Crippen molar-refractivity contribution in [3.05, 3.63) is 31.9 Å². The number of aromatic nitrogens is 1. The molecule has 0 atom stereocenters. The van der Waals surface area contributed by atoms with Crippen molar-refractivity contribution in [2.24, 2.45) is 5.92 Å². The number of pyridine rings is 1. The molecule has 0 aromatic carbocycles. The normalized spacial score (nSPS) is 18.8. The standard InChI is InChI=1S/C23H31N5O2S2/c1-6-25-8-10-26(11-9-25)20-17(16(5)18(13-24)21(29)27(20)7-2)12-19-22(30)28(14-15(3)4)23(31)32-19/h12,15H,6-11,14H2,1-5H3/b19-12-. The van der Waals surface area contributed by atoms with E-state index in [0.717, 1.165) is 44.1 Å². The van der Waals surface area contributed by atoms with Crippen molar-refractivity contribution in [1.82, 2.24) is 14.4 Å². The molecule has 1 aromatic heterocycles. The highest BCUT2D eigenvalue weighted by Crippen LogP contribution is 2.36. The molecule has 0 bridgehead atoms. The van der Waals surface area contributed by atoms with E-state index in [4.69, 9.17) is 12.2 Å². The third-order valence-corrected chi connectivity index (χ3v) is 7.36. The summed E-state index contributed by atoms with van der Waals surface area (Å²) in [6, 6.07) is 2.09. The quantitative estimate of drug-likeness (QED) is 0.464. The highest BCUT2D eigenvalue weighted by Gasteiger charge is 2.33. The number of anilines is 1. The third kappa shape index (κ3) is 4.63. The van der Waals surface area contributed by atoms with Crippen LogP contribution in [0.1, 0.15) is 44.4 Å². The van der Waals surface area contributed by atoms with Crippen LogP contribution in [0.25, 0.3) is 6.08 Å². The maximum atomic E-state index is 13.1. The van der Waals surface area contributed by atoms with Crippen molar-refractivity contribution in [2.75, 3.05) is 44.2 Å². The number of thioether (sulfide) groups is 1. The molecule has 9 heteroatoms.